The van der Waals surface area contributed by atoms with Gasteiger partial charge >= 0.3 is 11.9 Å². The molecule has 0 N–H and O–H groups in total. The van der Waals surface area contributed by atoms with Crippen LogP contribution in [-0.4, -0.2) is 42.0 Å². The van der Waals surface area contributed by atoms with E-state index >= 15 is 0 Å². The molecule has 0 atom stereocenters. The number of hydrogen-bond donors (Lipinski definition) is 0. The number of para-hydroxylation sites is 2. The molecule has 1 aromatic heterocycles. The summed E-state index contributed by atoms with van der Waals surface area (Å²) in [6.07, 6.45) is 4.58. The predicted octanol–water partition coefficient (Wildman–Crippen LogP) is 2.56. The van der Waals surface area contributed by atoms with Gasteiger partial charge in [-0.15, -0.1) is 0 Å². The molecule has 1 aromatic carbocycles. The molecule has 0 aliphatic carbocycles. The van der Waals surface area contributed by atoms with Crippen LogP contribution in [0, 0.1) is 0 Å². The zero-order valence-electron chi connectivity index (χ0n) is 15.1. The third-order valence-corrected chi connectivity index (χ3v) is 3.46. The zero-order valence-corrected chi connectivity index (χ0v) is 15.1. The summed E-state index contributed by atoms with van der Waals surface area (Å²) < 4.78 is 16.9. The van der Waals surface area contributed by atoms with Crippen LogP contribution in [0.1, 0.15) is 25.1 Å². The van der Waals surface area contributed by atoms with Gasteiger partial charge in [0.15, 0.2) is 0 Å². The highest BCUT2D eigenvalue weighted by atomic mass is 16.5. The van der Waals surface area contributed by atoms with E-state index < -0.39 is 5.97 Å². The van der Waals surface area contributed by atoms with Crippen molar-refractivity contribution in [2.75, 3.05) is 20.3 Å². The van der Waals surface area contributed by atoms with Gasteiger partial charge < -0.3 is 14.2 Å². The van der Waals surface area contributed by atoms with Gasteiger partial charge in [-0.25, -0.2) is 9.48 Å². The summed E-state index contributed by atoms with van der Waals surface area (Å²) in [6, 6.07) is 7.38. The average Bonchev–Trinajstić information content (AvgIpc) is 3.03. The summed E-state index contributed by atoms with van der Waals surface area (Å²) in [5.74, 6) is -0.196. The number of carbonyl (C=O) groups excluding carboxylic acids is 2. The lowest BCUT2D eigenvalue weighted by molar-refractivity contribution is -0.142. The topological polar surface area (TPSA) is 79.6 Å². The minimum atomic E-state index is -0.471. The van der Waals surface area contributed by atoms with E-state index in [2.05, 4.69) is 5.10 Å². The third kappa shape index (κ3) is 4.95. The van der Waals surface area contributed by atoms with Gasteiger partial charge in [-0.3, -0.25) is 4.79 Å². The van der Waals surface area contributed by atoms with E-state index in [-0.39, 0.29) is 19.0 Å². The Morgan fingerprint density at radius 3 is 2.58 bits per heavy atom. The third-order valence-electron chi connectivity index (χ3n) is 3.46. The first-order chi connectivity index (χ1) is 12.6. The van der Waals surface area contributed by atoms with Crippen LogP contribution in [0.3, 0.4) is 0 Å². The van der Waals surface area contributed by atoms with Crippen molar-refractivity contribution >= 4 is 18.0 Å². The Kier molecular flexibility index (Phi) is 6.96. The smallest absolute Gasteiger partial charge is 0.330 e. The maximum atomic E-state index is 11.9. The molecule has 0 saturated heterocycles. The molecular formula is C19H22N2O5. The van der Waals surface area contributed by atoms with Crippen LogP contribution in [0.4, 0.5) is 0 Å². The Morgan fingerprint density at radius 2 is 1.88 bits per heavy atom. The Morgan fingerprint density at radius 1 is 1.15 bits per heavy atom. The summed E-state index contributed by atoms with van der Waals surface area (Å²) in [7, 11) is 1.57. The molecule has 0 amide bonds. The SMILES string of the molecule is CCOC(=O)/C=C/c1nn(-c2ccccc2OC)cc1CC(=O)OCC. The van der Waals surface area contributed by atoms with Crippen molar-refractivity contribution in [1.82, 2.24) is 9.78 Å². The molecule has 0 saturated carbocycles. The van der Waals surface area contributed by atoms with Crippen LogP contribution in [0.25, 0.3) is 11.8 Å². The summed E-state index contributed by atoms with van der Waals surface area (Å²) >= 11 is 0. The maximum Gasteiger partial charge on any atom is 0.330 e. The number of aromatic nitrogens is 2. The average molecular weight is 358 g/mol. The number of hydrogen-bond acceptors (Lipinski definition) is 6. The van der Waals surface area contributed by atoms with Crippen LogP contribution in [0.5, 0.6) is 5.75 Å². The van der Waals surface area contributed by atoms with Crippen LogP contribution < -0.4 is 4.74 Å². The fourth-order valence-electron chi connectivity index (χ4n) is 2.35. The van der Waals surface area contributed by atoms with Gasteiger partial charge in [-0.1, -0.05) is 12.1 Å². The van der Waals surface area contributed by atoms with E-state index in [9.17, 15) is 9.59 Å². The molecule has 0 bridgehead atoms. The normalized spacial score (nSPS) is 10.7. The quantitative estimate of drug-likeness (QED) is 0.533. The monoisotopic (exact) mass is 358 g/mol. The van der Waals surface area contributed by atoms with Crippen LogP contribution >= 0.6 is 0 Å². The lowest BCUT2D eigenvalue weighted by atomic mass is 10.2. The van der Waals surface area contributed by atoms with Gasteiger partial charge in [-0.05, 0) is 32.1 Å². The molecule has 2 aromatic rings. The minimum Gasteiger partial charge on any atom is -0.494 e. The van der Waals surface area contributed by atoms with Crippen molar-refractivity contribution in [3.05, 3.63) is 47.8 Å². The number of nitrogens with zero attached hydrogens (tertiary/aromatic N) is 2. The number of carbonyl (C=O) groups is 2. The number of esters is 2. The van der Waals surface area contributed by atoms with Gasteiger partial charge in [0.25, 0.3) is 0 Å². The lowest BCUT2D eigenvalue weighted by Crippen LogP contribution is -2.07. The number of benzene rings is 1. The van der Waals surface area contributed by atoms with E-state index in [0.717, 1.165) is 5.69 Å². The minimum absolute atomic E-state index is 0.0471. The van der Waals surface area contributed by atoms with Crippen LogP contribution in [-0.2, 0) is 25.5 Å². The molecule has 1 heterocycles. The fraction of sp³-hybridized carbons (Fsp3) is 0.316. The summed E-state index contributed by atoms with van der Waals surface area (Å²) in [6.45, 7) is 4.06. The van der Waals surface area contributed by atoms with Gasteiger partial charge in [0.2, 0.25) is 0 Å². The molecule has 138 valence electrons. The van der Waals surface area contributed by atoms with E-state index in [4.69, 9.17) is 14.2 Å². The molecule has 0 aliphatic heterocycles. The summed E-state index contributed by atoms with van der Waals surface area (Å²) in [4.78, 5) is 23.4. The molecule has 0 radical (unpaired) electrons. The van der Waals surface area contributed by atoms with Crippen LogP contribution in [0.2, 0.25) is 0 Å². The lowest BCUT2D eigenvalue weighted by Gasteiger charge is -2.07. The molecule has 0 fully saturated rings. The van der Waals surface area contributed by atoms with Gasteiger partial charge in [0.1, 0.15) is 11.4 Å². The van der Waals surface area contributed by atoms with Crippen molar-refractivity contribution in [2.45, 2.75) is 20.3 Å². The second kappa shape index (κ2) is 9.41. The van der Waals surface area contributed by atoms with Crippen molar-refractivity contribution in [1.29, 1.82) is 0 Å². The first-order valence-electron chi connectivity index (χ1n) is 8.31. The highest BCUT2D eigenvalue weighted by Gasteiger charge is 2.15. The number of methoxy groups -OCH3 is 1. The number of ether oxygens (including phenoxy) is 3. The van der Waals surface area contributed by atoms with Crippen molar-refractivity contribution < 1.29 is 23.8 Å². The van der Waals surface area contributed by atoms with Crippen molar-refractivity contribution in [3.63, 3.8) is 0 Å². The van der Waals surface area contributed by atoms with E-state index in [1.165, 1.54) is 12.2 Å². The fourth-order valence-corrected chi connectivity index (χ4v) is 2.35. The summed E-state index contributed by atoms with van der Waals surface area (Å²) in [5, 5.41) is 4.47. The molecule has 7 heteroatoms. The molecule has 0 aliphatic rings. The Hall–Kier alpha value is -3.09. The second-order valence-electron chi connectivity index (χ2n) is 5.22. The van der Waals surface area contributed by atoms with Crippen LogP contribution in [0.15, 0.2) is 36.5 Å². The Balaban J connectivity index is 2.39. The highest BCUT2D eigenvalue weighted by Crippen LogP contribution is 2.23. The second-order valence-corrected chi connectivity index (χ2v) is 5.22. The van der Waals surface area contributed by atoms with E-state index in [1.54, 1.807) is 31.8 Å². The molecule has 2 rings (SSSR count). The maximum absolute atomic E-state index is 11.9. The van der Waals surface area contributed by atoms with E-state index in [0.29, 0.717) is 23.6 Å². The largest absolute Gasteiger partial charge is 0.494 e. The first kappa shape index (κ1) is 19.2. The van der Waals surface area contributed by atoms with Crippen molar-refractivity contribution in [3.8, 4) is 11.4 Å². The molecular weight excluding hydrogens is 336 g/mol. The molecule has 0 spiro atoms. The zero-order chi connectivity index (χ0) is 18.9. The van der Waals surface area contributed by atoms with Gasteiger partial charge in [0.05, 0.1) is 32.4 Å². The van der Waals surface area contributed by atoms with Gasteiger partial charge in [-0.2, -0.15) is 5.10 Å². The Labute approximate surface area is 152 Å². The van der Waals surface area contributed by atoms with E-state index in [1.807, 2.05) is 24.3 Å². The van der Waals surface area contributed by atoms with Crippen molar-refractivity contribution in [2.24, 2.45) is 0 Å². The molecule has 0 unspecified atom stereocenters. The Bertz CT molecular complexity index is 795. The highest BCUT2D eigenvalue weighted by molar-refractivity contribution is 5.87. The first-order valence-corrected chi connectivity index (χ1v) is 8.31. The molecule has 7 nitrogen and oxygen atoms in total. The van der Waals surface area contributed by atoms with Gasteiger partial charge in [0, 0.05) is 17.8 Å². The standard InChI is InChI=1S/C19H22N2O5/c1-4-25-18(22)11-10-15-14(12-19(23)26-5-2)13-21(20-15)16-8-6-7-9-17(16)24-3/h6-11,13H,4-5,12H2,1-3H3/b11-10+. The summed E-state index contributed by atoms with van der Waals surface area (Å²) in [5.41, 5.74) is 1.84. The molecule has 26 heavy (non-hydrogen) atoms. The number of rotatable bonds is 8. The predicted molar refractivity (Wildman–Crippen MR) is 96.1 cm³/mol.